The largest absolute Gasteiger partial charge is 0.478 e. The fraction of sp³-hybridized carbons (Fsp3) is 0.357. The number of amides is 1. The van der Waals surface area contributed by atoms with Crippen molar-refractivity contribution in [2.75, 3.05) is 11.4 Å². The molecule has 0 aromatic heterocycles. The summed E-state index contributed by atoms with van der Waals surface area (Å²) in [6.07, 6.45) is 0.306. The topological polar surface area (TPSA) is 74.7 Å². The molecule has 1 aromatic rings. The van der Waals surface area contributed by atoms with E-state index in [0.29, 0.717) is 24.2 Å². The summed E-state index contributed by atoms with van der Waals surface area (Å²) in [4.78, 5) is 35.8. The first-order chi connectivity index (χ1) is 9.38. The van der Waals surface area contributed by atoms with E-state index in [1.807, 2.05) is 0 Å². The average Bonchev–Trinajstić information content (AvgIpc) is 2.69. The van der Waals surface area contributed by atoms with E-state index in [9.17, 15) is 14.4 Å². The van der Waals surface area contributed by atoms with Gasteiger partial charge in [0, 0.05) is 30.8 Å². The number of carbonyl (C=O) groups excluding carboxylic acids is 2. The summed E-state index contributed by atoms with van der Waals surface area (Å²) in [7, 11) is 0. The van der Waals surface area contributed by atoms with Crippen molar-refractivity contribution in [2.24, 2.45) is 0 Å². The Hall–Kier alpha value is -1.82. The minimum atomic E-state index is -1.01. The van der Waals surface area contributed by atoms with Crippen LogP contribution in [-0.2, 0) is 9.59 Å². The van der Waals surface area contributed by atoms with Gasteiger partial charge >= 0.3 is 5.97 Å². The molecule has 1 aliphatic rings. The molecule has 2 rings (SSSR count). The Balaban J connectivity index is 2.24. The summed E-state index contributed by atoms with van der Waals surface area (Å²) in [6, 6.07) is 4.94. The standard InChI is InChI=1S/C14H15NO4S/c1-8-3-4-10(5-12(8)14(18)19)15-7-11(6-13(15)17)20-9(2)16/h3-5,11H,6-7H2,1-2H3,(H,18,19). The third-order valence-electron chi connectivity index (χ3n) is 3.19. The molecule has 0 aliphatic carbocycles. The number of thioether (sulfide) groups is 1. The molecule has 1 amide bonds. The highest BCUT2D eigenvalue weighted by atomic mass is 32.2. The molecule has 0 bridgehead atoms. The van der Waals surface area contributed by atoms with Crippen molar-refractivity contribution in [1.82, 2.24) is 0 Å². The van der Waals surface area contributed by atoms with Crippen LogP contribution in [0.5, 0.6) is 0 Å². The van der Waals surface area contributed by atoms with E-state index in [1.165, 1.54) is 13.0 Å². The first kappa shape index (κ1) is 14.6. The lowest BCUT2D eigenvalue weighted by Crippen LogP contribution is -2.25. The van der Waals surface area contributed by atoms with Crippen LogP contribution in [0.25, 0.3) is 0 Å². The van der Waals surface area contributed by atoms with Crippen molar-refractivity contribution < 1.29 is 19.5 Å². The molecule has 20 heavy (non-hydrogen) atoms. The number of carboxylic acid groups (broad SMARTS) is 1. The van der Waals surface area contributed by atoms with Gasteiger partial charge in [-0.25, -0.2) is 4.79 Å². The van der Waals surface area contributed by atoms with Crippen LogP contribution in [0.4, 0.5) is 5.69 Å². The van der Waals surface area contributed by atoms with Crippen LogP contribution in [0.15, 0.2) is 18.2 Å². The number of aryl methyl sites for hydroxylation is 1. The third kappa shape index (κ3) is 3.01. The number of anilines is 1. The predicted octanol–water partition coefficient (Wildman–Crippen LogP) is 2.08. The molecular weight excluding hydrogens is 278 g/mol. The van der Waals surface area contributed by atoms with Crippen molar-refractivity contribution in [3.63, 3.8) is 0 Å². The van der Waals surface area contributed by atoms with Gasteiger partial charge in [0.15, 0.2) is 5.12 Å². The van der Waals surface area contributed by atoms with Crippen LogP contribution < -0.4 is 4.90 Å². The SMILES string of the molecule is CC(=O)SC1CC(=O)N(c2ccc(C)c(C(=O)O)c2)C1. The molecule has 0 spiro atoms. The Kier molecular flexibility index (Phi) is 4.13. The summed E-state index contributed by atoms with van der Waals surface area (Å²) in [5.74, 6) is -1.09. The second-order valence-corrected chi connectivity index (χ2v) is 6.22. The fourth-order valence-corrected chi connectivity index (χ4v) is 3.17. The molecule has 1 aromatic carbocycles. The number of hydrogen-bond acceptors (Lipinski definition) is 4. The molecule has 0 radical (unpaired) electrons. The van der Waals surface area contributed by atoms with Gasteiger partial charge < -0.3 is 10.0 Å². The highest BCUT2D eigenvalue weighted by molar-refractivity contribution is 8.14. The van der Waals surface area contributed by atoms with Gasteiger partial charge in [0.25, 0.3) is 0 Å². The van der Waals surface area contributed by atoms with E-state index in [0.717, 1.165) is 11.8 Å². The zero-order chi connectivity index (χ0) is 14.9. The second kappa shape index (κ2) is 5.66. The van der Waals surface area contributed by atoms with Gasteiger partial charge in [-0.2, -0.15) is 0 Å². The van der Waals surface area contributed by atoms with Crippen LogP contribution in [0.2, 0.25) is 0 Å². The Morgan fingerprint density at radius 1 is 1.40 bits per heavy atom. The summed E-state index contributed by atoms with van der Waals surface area (Å²) >= 11 is 1.16. The molecule has 1 heterocycles. The highest BCUT2D eigenvalue weighted by Crippen LogP contribution is 2.29. The van der Waals surface area contributed by atoms with Crippen molar-refractivity contribution in [3.05, 3.63) is 29.3 Å². The molecule has 106 valence electrons. The predicted molar refractivity (Wildman–Crippen MR) is 77.2 cm³/mol. The Labute approximate surface area is 121 Å². The fourth-order valence-electron chi connectivity index (χ4n) is 2.25. The van der Waals surface area contributed by atoms with Gasteiger partial charge in [-0.15, -0.1) is 0 Å². The van der Waals surface area contributed by atoms with E-state index >= 15 is 0 Å². The van der Waals surface area contributed by atoms with Gasteiger partial charge in [-0.3, -0.25) is 9.59 Å². The average molecular weight is 293 g/mol. The summed E-state index contributed by atoms with van der Waals surface area (Å²) in [6.45, 7) is 3.63. The quantitative estimate of drug-likeness (QED) is 0.923. The molecule has 1 N–H and O–H groups in total. The molecule has 5 nitrogen and oxygen atoms in total. The molecule has 1 saturated heterocycles. The minimum absolute atomic E-state index is 0.0141. The van der Waals surface area contributed by atoms with Crippen molar-refractivity contribution in [1.29, 1.82) is 0 Å². The normalized spacial score (nSPS) is 18.4. The van der Waals surface area contributed by atoms with Crippen molar-refractivity contribution >= 4 is 34.4 Å². The highest BCUT2D eigenvalue weighted by Gasteiger charge is 2.32. The second-order valence-electron chi connectivity index (χ2n) is 4.74. The zero-order valence-electron chi connectivity index (χ0n) is 11.3. The first-order valence-corrected chi connectivity index (χ1v) is 7.08. The number of carbonyl (C=O) groups is 3. The van der Waals surface area contributed by atoms with Gasteiger partial charge in [0.2, 0.25) is 5.91 Å². The Bertz CT molecular complexity index is 585. The Morgan fingerprint density at radius 2 is 2.10 bits per heavy atom. The van der Waals surface area contributed by atoms with Gasteiger partial charge in [-0.05, 0) is 24.6 Å². The summed E-state index contributed by atoms with van der Waals surface area (Å²) in [5.41, 5.74) is 1.42. The van der Waals surface area contributed by atoms with Crippen LogP contribution in [-0.4, -0.2) is 33.9 Å². The van der Waals surface area contributed by atoms with Gasteiger partial charge in [0.05, 0.1) is 5.56 Å². The van der Waals surface area contributed by atoms with E-state index in [2.05, 4.69) is 0 Å². The molecular formula is C14H15NO4S. The maximum absolute atomic E-state index is 12.0. The summed E-state index contributed by atoms with van der Waals surface area (Å²) < 4.78 is 0. The lowest BCUT2D eigenvalue weighted by atomic mass is 10.1. The van der Waals surface area contributed by atoms with E-state index in [-0.39, 0.29) is 21.8 Å². The number of aromatic carboxylic acids is 1. The van der Waals surface area contributed by atoms with E-state index in [1.54, 1.807) is 24.0 Å². The molecule has 1 aliphatic heterocycles. The maximum Gasteiger partial charge on any atom is 0.336 e. The van der Waals surface area contributed by atoms with Crippen molar-refractivity contribution in [2.45, 2.75) is 25.5 Å². The van der Waals surface area contributed by atoms with Crippen LogP contribution in [0.3, 0.4) is 0 Å². The molecule has 1 unspecified atom stereocenters. The zero-order valence-corrected chi connectivity index (χ0v) is 12.1. The smallest absolute Gasteiger partial charge is 0.336 e. The number of hydrogen-bond donors (Lipinski definition) is 1. The molecule has 0 saturated carbocycles. The van der Waals surface area contributed by atoms with Gasteiger partial charge in [-0.1, -0.05) is 17.8 Å². The van der Waals surface area contributed by atoms with Gasteiger partial charge in [0.1, 0.15) is 0 Å². The van der Waals surface area contributed by atoms with E-state index in [4.69, 9.17) is 5.11 Å². The molecule has 1 atom stereocenters. The molecule has 6 heteroatoms. The lowest BCUT2D eigenvalue weighted by Gasteiger charge is -2.17. The Morgan fingerprint density at radius 3 is 2.70 bits per heavy atom. The summed E-state index contributed by atoms with van der Waals surface area (Å²) in [5, 5.41) is 9.04. The van der Waals surface area contributed by atoms with Crippen LogP contribution in [0.1, 0.15) is 29.3 Å². The maximum atomic E-state index is 12.0. The van der Waals surface area contributed by atoms with Crippen LogP contribution >= 0.6 is 11.8 Å². The number of carboxylic acids is 1. The number of rotatable bonds is 3. The monoisotopic (exact) mass is 293 g/mol. The van der Waals surface area contributed by atoms with Crippen LogP contribution in [0, 0.1) is 6.92 Å². The van der Waals surface area contributed by atoms with Crippen molar-refractivity contribution in [3.8, 4) is 0 Å². The van der Waals surface area contributed by atoms with E-state index < -0.39 is 5.97 Å². The third-order valence-corrected chi connectivity index (χ3v) is 4.17. The first-order valence-electron chi connectivity index (χ1n) is 6.20. The number of benzene rings is 1. The number of nitrogens with zero attached hydrogens (tertiary/aromatic N) is 1. The minimum Gasteiger partial charge on any atom is -0.478 e. The lowest BCUT2D eigenvalue weighted by molar-refractivity contribution is -0.117. The molecule has 1 fully saturated rings.